The van der Waals surface area contributed by atoms with E-state index in [2.05, 4.69) is 4.98 Å². The fourth-order valence-corrected chi connectivity index (χ4v) is 2.70. The average Bonchev–Trinajstić information content (AvgIpc) is 2.76. The fraction of sp³-hybridized carbons (Fsp3) is 0.412. The summed E-state index contributed by atoms with van der Waals surface area (Å²) in [5, 5.41) is 9.20. The third-order valence-electron chi connectivity index (χ3n) is 4.07. The Morgan fingerprint density at radius 3 is 3.00 bits per heavy atom. The van der Waals surface area contributed by atoms with Gasteiger partial charge in [0.1, 0.15) is 11.6 Å². The number of halogens is 1. The van der Waals surface area contributed by atoms with Crippen LogP contribution in [-0.2, 0) is 16.1 Å². The van der Waals surface area contributed by atoms with Gasteiger partial charge in [0, 0.05) is 19.6 Å². The van der Waals surface area contributed by atoms with Crippen LogP contribution in [0.25, 0.3) is 11.5 Å². The Morgan fingerprint density at radius 2 is 2.25 bits per heavy atom. The highest BCUT2D eigenvalue weighted by Gasteiger charge is 2.26. The zero-order valence-corrected chi connectivity index (χ0v) is 13.4. The lowest BCUT2D eigenvalue weighted by molar-refractivity contribution is -0.143. The molecule has 0 amide bonds. The largest absolute Gasteiger partial charge is 0.481 e. The summed E-state index contributed by atoms with van der Waals surface area (Å²) >= 11 is 0. The Balaban J connectivity index is 1.78. The van der Waals surface area contributed by atoms with E-state index >= 15 is 0 Å². The number of oxazole rings is 1. The molecule has 0 radical (unpaired) electrons. The van der Waals surface area contributed by atoms with Gasteiger partial charge in [-0.3, -0.25) is 9.69 Å². The number of aryl methyl sites for hydroxylation is 1. The topological polar surface area (TPSA) is 75.8 Å². The van der Waals surface area contributed by atoms with Crippen LogP contribution in [0.2, 0.25) is 0 Å². The molecule has 24 heavy (non-hydrogen) atoms. The second-order valence-electron chi connectivity index (χ2n) is 5.85. The molecule has 0 saturated carbocycles. The lowest BCUT2D eigenvalue weighted by Crippen LogP contribution is -2.33. The van der Waals surface area contributed by atoms with E-state index in [1.165, 1.54) is 6.07 Å². The predicted octanol–water partition coefficient (Wildman–Crippen LogP) is 2.32. The number of aliphatic carboxylic acids is 1. The molecule has 3 rings (SSSR count). The Hall–Kier alpha value is -2.25. The lowest BCUT2D eigenvalue weighted by atomic mass is 10.1. The van der Waals surface area contributed by atoms with E-state index in [0.717, 1.165) is 0 Å². The molecule has 1 aromatic carbocycles. The number of ether oxygens (including phenoxy) is 1. The first-order valence-electron chi connectivity index (χ1n) is 7.78. The second-order valence-corrected chi connectivity index (χ2v) is 5.85. The first-order valence-corrected chi connectivity index (χ1v) is 7.78. The van der Waals surface area contributed by atoms with Gasteiger partial charge >= 0.3 is 5.97 Å². The van der Waals surface area contributed by atoms with Crippen molar-refractivity contribution in [3.8, 4) is 11.5 Å². The number of hydrogen-bond donors (Lipinski definition) is 1. The molecule has 6 nitrogen and oxygen atoms in total. The average molecular weight is 334 g/mol. The smallest absolute Gasteiger partial charge is 0.310 e. The van der Waals surface area contributed by atoms with Crippen molar-refractivity contribution in [3.05, 3.63) is 41.5 Å². The molecule has 1 aliphatic heterocycles. The number of carboxylic acid groups (broad SMARTS) is 1. The van der Waals surface area contributed by atoms with E-state index in [4.69, 9.17) is 9.15 Å². The number of aromatic nitrogens is 1. The van der Waals surface area contributed by atoms with Crippen molar-refractivity contribution < 1.29 is 23.4 Å². The molecule has 0 spiro atoms. The van der Waals surface area contributed by atoms with Crippen LogP contribution in [0.15, 0.2) is 28.7 Å². The lowest BCUT2D eigenvalue weighted by Gasteiger charge is -2.20. The highest BCUT2D eigenvalue weighted by atomic mass is 19.1. The van der Waals surface area contributed by atoms with Crippen LogP contribution in [-0.4, -0.2) is 47.3 Å². The third-order valence-corrected chi connectivity index (χ3v) is 4.07. The van der Waals surface area contributed by atoms with E-state index in [-0.39, 0.29) is 18.3 Å². The van der Waals surface area contributed by atoms with Crippen molar-refractivity contribution in [2.75, 3.05) is 26.3 Å². The summed E-state index contributed by atoms with van der Waals surface area (Å²) in [6.45, 7) is 3.90. The van der Waals surface area contributed by atoms with Gasteiger partial charge in [0.2, 0.25) is 5.89 Å². The molecule has 7 heteroatoms. The molecule has 0 aliphatic carbocycles. The minimum absolute atomic E-state index is 0.212. The molecular formula is C17H19FN2O4. The summed E-state index contributed by atoms with van der Waals surface area (Å²) in [5.74, 6) is -0.984. The van der Waals surface area contributed by atoms with Gasteiger partial charge in [-0.25, -0.2) is 9.37 Å². The van der Waals surface area contributed by atoms with Crippen molar-refractivity contribution in [3.63, 3.8) is 0 Å². The molecule has 2 aromatic rings. The number of nitrogens with zero attached hydrogens (tertiary/aromatic N) is 2. The van der Waals surface area contributed by atoms with Gasteiger partial charge in [-0.05, 0) is 19.1 Å². The van der Waals surface area contributed by atoms with Crippen LogP contribution in [0.5, 0.6) is 0 Å². The van der Waals surface area contributed by atoms with Crippen LogP contribution in [0, 0.1) is 18.7 Å². The van der Waals surface area contributed by atoms with Gasteiger partial charge in [0.25, 0.3) is 0 Å². The zero-order valence-electron chi connectivity index (χ0n) is 13.4. The first-order chi connectivity index (χ1) is 11.5. The molecule has 1 saturated heterocycles. The van der Waals surface area contributed by atoms with Crippen LogP contribution in [0.4, 0.5) is 4.39 Å². The minimum atomic E-state index is -0.870. The molecule has 0 bridgehead atoms. The molecule has 1 fully saturated rings. The Morgan fingerprint density at radius 1 is 1.46 bits per heavy atom. The molecule has 128 valence electrons. The van der Waals surface area contributed by atoms with Crippen LogP contribution in [0.1, 0.15) is 11.5 Å². The normalized spacial score (nSPS) is 19.2. The van der Waals surface area contributed by atoms with Crippen LogP contribution in [0.3, 0.4) is 0 Å². The molecule has 1 aromatic heterocycles. The Labute approximate surface area is 138 Å². The van der Waals surface area contributed by atoms with E-state index in [1.807, 2.05) is 4.90 Å². The van der Waals surface area contributed by atoms with Gasteiger partial charge in [-0.15, -0.1) is 0 Å². The van der Waals surface area contributed by atoms with Crippen molar-refractivity contribution in [1.82, 2.24) is 9.88 Å². The number of hydrogen-bond acceptors (Lipinski definition) is 5. The third kappa shape index (κ3) is 3.63. The van der Waals surface area contributed by atoms with Crippen LogP contribution < -0.4 is 0 Å². The highest BCUT2D eigenvalue weighted by Crippen LogP contribution is 2.25. The van der Waals surface area contributed by atoms with Gasteiger partial charge in [-0.1, -0.05) is 12.1 Å². The summed E-state index contributed by atoms with van der Waals surface area (Å²) in [7, 11) is 0. The maximum Gasteiger partial charge on any atom is 0.310 e. The zero-order chi connectivity index (χ0) is 17.1. The molecule has 1 atom stereocenters. The summed E-state index contributed by atoms with van der Waals surface area (Å²) < 4.78 is 24.8. The fourth-order valence-electron chi connectivity index (χ4n) is 2.70. The number of rotatable bonds is 4. The SMILES string of the molecule is Cc1oc(-c2ccccc2F)nc1CN1CCOCC(C(=O)O)C1. The van der Waals surface area contributed by atoms with Crippen molar-refractivity contribution >= 4 is 5.97 Å². The Bertz CT molecular complexity index is 731. The minimum Gasteiger partial charge on any atom is -0.481 e. The molecular weight excluding hydrogens is 315 g/mol. The number of carbonyl (C=O) groups is 1. The summed E-state index contributed by atoms with van der Waals surface area (Å²) in [6.07, 6.45) is 0. The van der Waals surface area contributed by atoms with E-state index in [9.17, 15) is 14.3 Å². The Kier molecular flexibility index (Phi) is 4.92. The first kappa shape index (κ1) is 16.6. The van der Waals surface area contributed by atoms with Gasteiger partial charge in [0.15, 0.2) is 0 Å². The van der Waals surface area contributed by atoms with Gasteiger partial charge in [-0.2, -0.15) is 0 Å². The van der Waals surface area contributed by atoms with Gasteiger partial charge < -0.3 is 14.3 Å². The van der Waals surface area contributed by atoms with Crippen molar-refractivity contribution in [1.29, 1.82) is 0 Å². The quantitative estimate of drug-likeness (QED) is 0.925. The molecule has 2 heterocycles. The van der Waals surface area contributed by atoms with Crippen molar-refractivity contribution in [2.45, 2.75) is 13.5 Å². The van der Waals surface area contributed by atoms with E-state index in [1.54, 1.807) is 25.1 Å². The second kappa shape index (κ2) is 7.11. The van der Waals surface area contributed by atoms with E-state index < -0.39 is 11.9 Å². The van der Waals surface area contributed by atoms with Crippen LogP contribution >= 0.6 is 0 Å². The standard InChI is InChI=1S/C17H19FN2O4/c1-11-15(9-20-6-7-23-10-12(8-20)17(21)22)19-16(24-11)13-4-2-3-5-14(13)18/h2-5,12H,6-10H2,1H3,(H,21,22). The summed E-state index contributed by atoms with van der Waals surface area (Å²) in [5.41, 5.74) is 0.994. The van der Waals surface area contributed by atoms with E-state index in [0.29, 0.717) is 43.3 Å². The number of benzene rings is 1. The molecule has 1 unspecified atom stereocenters. The van der Waals surface area contributed by atoms with Crippen molar-refractivity contribution in [2.24, 2.45) is 5.92 Å². The highest BCUT2D eigenvalue weighted by molar-refractivity contribution is 5.70. The number of carboxylic acids is 1. The monoisotopic (exact) mass is 334 g/mol. The predicted molar refractivity (Wildman–Crippen MR) is 83.9 cm³/mol. The molecule has 1 aliphatic rings. The van der Waals surface area contributed by atoms with Gasteiger partial charge in [0.05, 0.1) is 30.4 Å². The summed E-state index contributed by atoms with van der Waals surface area (Å²) in [6, 6.07) is 6.31. The maximum atomic E-state index is 13.9. The maximum absolute atomic E-state index is 13.9. The summed E-state index contributed by atoms with van der Waals surface area (Å²) in [4.78, 5) is 17.6. The molecule has 1 N–H and O–H groups in total.